The van der Waals surface area contributed by atoms with Crippen LogP contribution in [0.15, 0.2) is 28.7 Å². The third kappa shape index (κ3) is 2.50. The van der Waals surface area contributed by atoms with E-state index in [4.69, 9.17) is 5.73 Å². The average molecular weight is 277 g/mol. The molecule has 2 N–H and O–H groups in total. The fourth-order valence-corrected chi connectivity index (χ4v) is 2.20. The number of hydrogen-bond acceptors (Lipinski definition) is 1. The van der Waals surface area contributed by atoms with E-state index in [0.29, 0.717) is 5.92 Å². The molecule has 1 aromatic carbocycles. The molecule has 0 heterocycles. The van der Waals surface area contributed by atoms with Crippen molar-refractivity contribution in [3.05, 3.63) is 34.3 Å². The summed E-state index contributed by atoms with van der Waals surface area (Å²) < 4.78 is 1.12. The number of halogens is 2. The van der Waals surface area contributed by atoms with E-state index in [9.17, 15) is 0 Å². The van der Waals surface area contributed by atoms with Gasteiger partial charge in [0.1, 0.15) is 0 Å². The molecule has 0 unspecified atom stereocenters. The molecular weight excluding hydrogens is 261 g/mol. The zero-order valence-electron chi connectivity index (χ0n) is 7.95. The third-order valence-corrected chi connectivity index (χ3v) is 3.38. The van der Waals surface area contributed by atoms with E-state index in [1.54, 1.807) is 0 Å². The van der Waals surface area contributed by atoms with Gasteiger partial charge in [-0.05, 0) is 36.5 Å². The number of nitrogens with two attached hydrogens (primary N) is 1. The second kappa shape index (κ2) is 5.15. The lowest BCUT2D eigenvalue weighted by molar-refractivity contribution is 0.264. The molecule has 1 fully saturated rings. The topological polar surface area (TPSA) is 26.0 Å². The first-order valence-electron chi connectivity index (χ1n) is 4.78. The Morgan fingerprint density at radius 1 is 1.36 bits per heavy atom. The highest BCUT2D eigenvalue weighted by molar-refractivity contribution is 9.10. The lowest BCUT2D eigenvalue weighted by Gasteiger charge is -2.31. The highest BCUT2D eigenvalue weighted by Gasteiger charge is 2.25. The maximum Gasteiger partial charge on any atom is 0.0323 e. The van der Waals surface area contributed by atoms with Crippen molar-refractivity contribution in [3.8, 4) is 0 Å². The van der Waals surface area contributed by atoms with Gasteiger partial charge in [0.2, 0.25) is 0 Å². The van der Waals surface area contributed by atoms with Crippen LogP contribution in [0.5, 0.6) is 0 Å². The van der Waals surface area contributed by atoms with Crippen LogP contribution >= 0.6 is 28.3 Å². The molecule has 1 aliphatic rings. The van der Waals surface area contributed by atoms with Gasteiger partial charge in [-0.3, -0.25) is 0 Å². The van der Waals surface area contributed by atoms with Crippen LogP contribution in [0, 0.1) is 5.92 Å². The first kappa shape index (κ1) is 12.0. The first-order valence-corrected chi connectivity index (χ1v) is 5.58. The van der Waals surface area contributed by atoms with Crippen molar-refractivity contribution in [2.24, 2.45) is 11.7 Å². The second-order valence-electron chi connectivity index (χ2n) is 3.77. The van der Waals surface area contributed by atoms with E-state index < -0.39 is 0 Å². The average Bonchev–Trinajstić information content (AvgIpc) is 2.01. The van der Waals surface area contributed by atoms with E-state index in [2.05, 4.69) is 34.1 Å². The summed E-state index contributed by atoms with van der Waals surface area (Å²) in [4.78, 5) is 0. The molecule has 0 aromatic heterocycles. The van der Waals surface area contributed by atoms with Crippen molar-refractivity contribution >= 4 is 28.3 Å². The van der Waals surface area contributed by atoms with Gasteiger partial charge >= 0.3 is 0 Å². The van der Waals surface area contributed by atoms with Gasteiger partial charge in [0.25, 0.3) is 0 Å². The van der Waals surface area contributed by atoms with Gasteiger partial charge < -0.3 is 5.73 Å². The van der Waals surface area contributed by atoms with E-state index in [1.807, 2.05) is 6.07 Å². The molecular formula is C11H15BrClN. The molecule has 0 bridgehead atoms. The smallest absolute Gasteiger partial charge is 0.0323 e. The Kier molecular flexibility index (Phi) is 4.42. The Balaban J connectivity index is 0.000000980. The summed E-state index contributed by atoms with van der Waals surface area (Å²) in [6.45, 7) is 0. The Morgan fingerprint density at radius 3 is 2.57 bits per heavy atom. The van der Waals surface area contributed by atoms with Crippen molar-refractivity contribution in [1.82, 2.24) is 0 Å². The van der Waals surface area contributed by atoms with Crippen molar-refractivity contribution in [3.63, 3.8) is 0 Å². The zero-order valence-corrected chi connectivity index (χ0v) is 10.4. The summed E-state index contributed by atoms with van der Waals surface area (Å²) in [5, 5.41) is 0. The largest absolute Gasteiger partial charge is 0.324 e. The molecule has 1 nitrogen and oxygen atoms in total. The van der Waals surface area contributed by atoms with Gasteiger partial charge in [-0.1, -0.05) is 34.5 Å². The van der Waals surface area contributed by atoms with Crippen LogP contribution in [0.3, 0.4) is 0 Å². The Bertz CT molecular complexity index is 299. The van der Waals surface area contributed by atoms with Crippen molar-refractivity contribution in [2.45, 2.75) is 25.3 Å². The predicted octanol–water partition coefficient (Wildman–Crippen LogP) is 3.67. The minimum Gasteiger partial charge on any atom is -0.324 e. The van der Waals surface area contributed by atoms with E-state index >= 15 is 0 Å². The van der Waals surface area contributed by atoms with Crippen molar-refractivity contribution in [1.29, 1.82) is 0 Å². The fourth-order valence-electron chi connectivity index (χ4n) is 1.79. The molecule has 1 aromatic rings. The summed E-state index contributed by atoms with van der Waals surface area (Å²) in [7, 11) is 0. The molecule has 2 rings (SSSR count). The summed E-state index contributed by atoms with van der Waals surface area (Å²) in [6, 6.07) is 8.58. The fraction of sp³-hybridized carbons (Fsp3) is 0.455. The molecule has 0 saturated heterocycles. The summed E-state index contributed by atoms with van der Waals surface area (Å²) in [6.07, 6.45) is 3.95. The lowest BCUT2D eigenvalue weighted by Crippen LogP contribution is -2.26. The van der Waals surface area contributed by atoms with E-state index in [-0.39, 0.29) is 18.4 Å². The quantitative estimate of drug-likeness (QED) is 0.876. The second-order valence-corrected chi connectivity index (χ2v) is 4.69. The van der Waals surface area contributed by atoms with Crippen LogP contribution in [-0.4, -0.2) is 0 Å². The Hall–Kier alpha value is -0.0500. The van der Waals surface area contributed by atoms with Gasteiger partial charge in [-0.2, -0.15) is 0 Å². The van der Waals surface area contributed by atoms with Gasteiger partial charge in [0, 0.05) is 10.5 Å². The SMILES string of the molecule is Cl.N[C@@H](c1cccc(Br)c1)C1CCC1. The van der Waals surface area contributed by atoms with Gasteiger partial charge in [0.05, 0.1) is 0 Å². The van der Waals surface area contributed by atoms with E-state index in [0.717, 1.165) is 4.47 Å². The molecule has 3 heteroatoms. The Morgan fingerprint density at radius 2 is 2.07 bits per heavy atom. The number of rotatable bonds is 2. The monoisotopic (exact) mass is 275 g/mol. The number of benzene rings is 1. The normalized spacial score (nSPS) is 18.1. The zero-order chi connectivity index (χ0) is 9.26. The van der Waals surface area contributed by atoms with Crippen LogP contribution in [0.1, 0.15) is 30.9 Å². The van der Waals surface area contributed by atoms with E-state index in [1.165, 1.54) is 24.8 Å². The summed E-state index contributed by atoms with van der Waals surface area (Å²) in [5.41, 5.74) is 7.41. The van der Waals surface area contributed by atoms with Gasteiger partial charge in [-0.25, -0.2) is 0 Å². The molecule has 0 radical (unpaired) electrons. The van der Waals surface area contributed by atoms with Crippen molar-refractivity contribution in [2.75, 3.05) is 0 Å². The highest BCUT2D eigenvalue weighted by atomic mass is 79.9. The summed E-state index contributed by atoms with van der Waals surface area (Å²) in [5.74, 6) is 0.717. The number of hydrogen-bond donors (Lipinski definition) is 1. The van der Waals surface area contributed by atoms with Gasteiger partial charge in [-0.15, -0.1) is 12.4 Å². The van der Waals surface area contributed by atoms with Crippen LogP contribution in [-0.2, 0) is 0 Å². The molecule has 0 amide bonds. The lowest BCUT2D eigenvalue weighted by atomic mass is 9.78. The first-order chi connectivity index (χ1) is 6.27. The molecule has 1 aliphatic carbocycles. The molecule has 1 atom stereocenters. The van der Waals surface area contributed by atoms with Crippen LogP contribution in [0.25, 0.3) is 0 Å². The van der Waals surface area contributed by atoms with Crippen LogP contribution in [0.4, 0.5) is 0 Å². The maximum absolute atomic E-state index is 6.15. The standard InChI is InChI=1S/C11H14BrN.ClH/c12-10-6-2-5-9(7-10)11(13)8-3-1-4-8;/h2,5-8,11H,1,3-4,13H2;1H/t11-;/m1./s1. The molecule has 0 aliphatic heterocycles. The van der Waals surface area contributed by atoms with Crippen LogP contribution < -0.4 is 5.73 Å². The van der Waals surface area contributed by atoms with Crippen LogP contribution in [0.2, 0.25) is 0 Å². The predicted molar refractivity (Wildman–Crippen MR) is 65.7 cm³/mol. The highest BCUT2D eigenvalue weighted by Crippen LogP contribution is 2.36. The molecule has 78 valence electrons. The minimum absolute atomic E-state index is 0. The van der Waals surface area contributed by atoms with Crippen molar-refractivity contribution < 1.29 is 0 Å². The van der Waals surface area contributed by atoms with Gasteiger partial charge in [0.15, 0.2) is 0 Å². The Labute approximate surface area is 99.6 Å². The molecule has 14 heavy (non-hydrogen) atoms. The molecule has 1 saturated carbocycles. The molecule has 0 spiro atoms. The summed E-state index contributed by atoms with van der Waals surface area (Å²) >= 11 is 3.46. The third-order valence-electron chi connectivity index (χ3n) is 2.89. The maximum atomic E-state index is 6.15. The minimum atomic E-state index is 0.